The van der Waals surface area contributed by atoms with Gasteiger partial charge in [-0.25, -0.2) is 0 Å². The van der Waals surface area contributed by atoms with Gasteiger partial charge in [0.1, 0.15) is 18.3 Å². The number of hydrogen-bond acceptors (Lipinski definition) is 5. The molecule has 1 aliphatic rings. The van der Waals surface area contributed by atoms with Gasteiger partial charge < -0.3 is 20.1 Å². The highest BCUT2D eigenvalue weighted by Crippen LogP contribution is 2.27. The van der Waals surface area contributed by atoms with Gasteiger partial charge >= 0.3 is 0 Å². The number of pyridine rings is 1. The lowest BCUT2D eigenvalue weighted by atomic mass is 10.1. The Labute approximate surface area is 91.3 Å². The third kappa shape index (κ3) is 1.76. The first kappa shape index (κ1) is 11.3. The van der Waals surface area contributed by atoms with E-state index in [9.17, 15) is 15.0 Å². The Morgan fingerprint density at radius 1 is 1.31 bits per heavy atom. The Hall–Kier alpha value is -1.21. The second kappa shape index (κ2) is 4.34. The van der Waals surface area contributed by atoms with Crippen LogP contribution in [0.4, 0.5) is 0 Å². The fourth-order valence-electron chi connectivity index (χ4n) is 1.76. The average molecular weight is 227 g/mol. The van der Waals surface area contributed by atoms with Gasteiger partial charge in [-0.1, -0.05) is 6.07 Å². The summed E-state index contributed by atoms with van der Waals surface area (Å²) in [5, 5.41) is 28.1. The molecule has 0 saturated carbocycles. The summed E-state index contributed by atoms with van der Waals surface area (Å²) in [4.78, 5) is 11.5. The molecule has 0 amide bonds. The van der Waals surface area contributed by atoms with Crippen LogP contribution < -0.4 is 5.56 Å². The highest BCUT2D eigenvalue weighted by atomic mass is 16.6. The van der Waals surface area contributed by atoms with Gasteiger partial charge in [-0.3, -0.25) is 9.36 Å². The monoisotopic (exact) mass is 227 g/mol. The second-order valence-electron chi connectivity index (χ2n) is 3.68. The summed E-state index contributed by atoms with van der Waals surface area (Å²) in [6, 6.07) is 4.52. The molecule has 0 spiro atoms. The maximum atomic E-state index is 11.5. The van der Waals surface area contributed by atoms with Gasteiger partial charge in [-0.15, -0.1) is 0 Å². The fourth-order valence-corrected chi connectivity index (χ4v) is 1.76. The highest BCUT2D eigenvalue weighted by molar-refractivity contribution is 4.98. The lowest BCUT2D eigenvalue weighted by Gasteiger charge is -2.16. The van der Waals surface area contributed by atoms with E-state index in [0.29, 0.717) is 0 Å². The number of hydrogen-bond donors (Lipinski definition) is 3. The molecule has 4 atom stereocenters. The van der Waals surface area contributed by atoms with E-state index in [1.54, 1.807) is 12.1 Å². The van der Waals surface area contributed by atoms with Gasteiger partial charge in [-0.05, 0) is 6.07 Å². The molecule has 1 aromatic heterocycles. The molecule has 2 heterocycles. The van der Waals surface area contributed by atoms with Crippen molar-refractivity contribution in [3.8, 4) is 0 Å². The zero-order valence-electron chi connectivity index (χ0n) is 8.43. The molecule has 1 saturated heterocycles. The molecule has 1 fully saturated rings. The predicted octanol–water partition coefficient (Wildman–Crippen LogP) is -1.54. The first-order valence-electron chi connectivity index (χ1n) is 4.95. The van der Waals surface area contributed by atoms with Gasteiger partial charge in [0.25, 0.3) is 5.56 Å². The van der Waals surface area contributed by atoms with Gasteiger partial charge in [0.2, 0.25) is 0 Å². The molecule has 88 valence electrons. The van der Waals surface area contributed by atoms with Crippen LogP contribution in [-0.2, 0) is 4.74 Å². The summed E-state index contributed by atoms with van der Waals surface area (Å²) >= 11 is 0. The molecule has 6 nitrogen and oxygen atoms in total. The van der Waals surface area contributed by atoms with E-state index in [0.717, 1.165) is 0 Å². The highest BCUT2D eigenvalue weighted by Gasteiger charge is 2.43. The summed E-state index contributed by atoms with van der Waals surface area (Å²) in [5.41, 5.74) is -0.336. The van der Waals surface area contributed by atoms with Crippen molar-refractivity contribution in [2.75, 3.05) is 6.61 Å². The minimum Gasteiger partial charge on any atom is -0.394 e. The van der Waals surface area contributed by atoms with E-state index in [4.69, 9.17) is 9.84 Å². The number of aromatic nitrogens is 1. The third-order valence-corrected chi connectivity index (χ3v) is 2.64. The molecule has 1 aliphatic heterocycles. The standard InChI is InChI=1S/C10H13NO5/c12-5-6-8(14)9(15)10(16-6)11-4-2-1-3-7(11)13/h1-4,6,8-10,12,14-15H,5H2/t6-,8-,9-,10-/m1/s1. The lowest BCUT2D eigenvalue weighted by Crippen LogP contribution is -2.35. The normalized spacial score (nSPS) is 34.2. The van der Waals surface area contributed by atoms with E-state index in [2.05, 4.69) is 0 Å². The maximum absolute atomic E-state index is 11.5. The van der Waals surface area contributed by atoms with Crippen LogP contribution in [0.25, 0.3) is 0 Å². The van der Waals surface area contributed by atoms with Crippen molar-refractivity contribution in [2.45, 2.75) is 24.5 Å². The van der Waals surface area contributed by atoms with E-state index >= 15 is 0 Å². The molecule has 0 aliphatic carbocycles. The number of aliphatic hydroxyl groups is 3. The van der Waals surface area contributed by atoms with Gasteiger partial charge in [-0.2, -0.15) is 0 Å². The molecule has 0 aromatic carbocycles. The zero-order valence-corrected chi connectivity index (χ0v) is 8.43. The van der Waals surface area contributed by atoms with Crippen molar-refractivity contribution in [1.29, 1.82) is 0 Å². The van der Waals surface area contributed by atoms with Crippen molar-refractivity contribution in [3.63, 3.8) is 0 Å². The van der Waals surface area contributed by atoms with Gasteiger partial charge in [0.15, 0.2) is 6.23 Å². The Morgan fingerprint density at radius 2 is 2.06 bits per heavy atom. The van der Waals surface area contributed by atoms with Crippen LogP contribution in [0.15, 0.2) is 29.2 Å². The van der Waals surface area contributed by atoms with E-state index in [-0.39, 0.29) is 5.56 Å². The Morgan fingerprint density at radius 3 is 2.62 bits per heavy atom. The molecule has 0 radical (unpaired) electrons. The van der Waals surface area contributed by atoms with Gasteiger partial charge in [0, 0.05) is 12.3 Å². The largest absolute Gasteiger partial charge is 0.394 e. The van der Waals surface area contributed by atoms with Crippen molar-refractivity contribution >= 4 is 0 Å². The number of aliphatic hydroxyl groups excluding tert-OH is 3. The third-order valence-electron chi connectivity index (χ3n) is 2.64. The molecule has 0 unspecified atom stereocenters. The van der Waals surface area contributed by atoms with E-state index in [1.807, 2.05) is 0 Å². The van der Waals surface area contributed by atoms with Crippen LogP contribution in [0.5, 0.6) is 0 Å². The Kier molecular flexibility index (Phi) is 3.06. The van der Waals surface area contributed by atoms with Crippen molar-refractivity contribution in [2.24, 2.45) is 0 Å². The Balaban J connectivity index is 2.30. The number of nitrogens with zero attached hydrogens (tertiary/aromatic N) is 1. The molecular weight excluding hydrogens is 214 g/mol. The summed E-state index contributed by atoms with van der Waals surface area (Å²) in [5.74, 6) is 0. The van der Waals surface area contributed by atoms with Crippen molar-refractivity contribution in [3.05, 3.63) is 34.7 Å². The smallest absolute Gasteiger partial charge is 0.252 e. The first-order valence-corrected chi connectivity index (χ1v) is 4.95. The first-order chi connectivity index (χ1) is 7.65. The molecule has 2 rings (SSSR count). The number of rotatable bonds is 2. The Bertz CT molecular complexity index is 418. The minimum atomic E-state index is -1.22. The molecule has 16 heavy (non-hydrogen) atoms. The van der Waals surface area contributed by atoms with Crippen LogP contribution in [0, 0.1) is 0 Å². The SMILES string of the molecule is O=c1ccccn1[C@@H]1O[C@H](CO)[C@@H](O)[C@H]1O. The lowest BCUT2D eigenvalue weighted by molar-refractivity contribution is -0.0543. The molecule has 1 aromatic rings. The van der Waals surface area contributed by atoms with E-state index in [1.165, 1.54) is 16.8 Å². The fraction of sp³-hybridized carbons (Fsp3) is 0.500. The summed E-state index contributed by atoms with van der Waals surface area (Å²) in [7, 11) is 0. The van der Waals surface area contributed by atoms with Crippen molar-refractivity contribution < 1.29 is 20.1 Å². The van der Waals surface area contributed by atoms with Crippen LogP contribution in [0.2, 0.25) is 0 Å². The van der Waals surface area contributed by atoms with Crippen LogP contribution in [-0.4, -0.2) is 44.8 Å². The van der Waals surface area contributed by atoms with Crippen LogP contribution >= 0.6 is 0 Å². The number of ether oxygens (including phenoxy) is 1. The van der Waals surface area contributed by atoms with Crippen LogP contribution in [0.1, 0.15) is 6.23 Å². The summed E-state index contributed by atoms with van der Waals surface area (Å²) in [6.45, 7) is -0.406. The van der Waals surface area contributed by atoms with Gasteiger partial charge in [0.05, 0.1) is 6.61 Å². The summed E-state index contributed by atoms with van der Waals surface area (Å²) < 4.78 is 6.40. The molecular formula is C10H13NO5. The molecule has 0 bridgehead atoms. The average Bonchev–Trinajstić information content (AvgIpc) is 2.57. The predicted molar refractivity (Wildman–Crippen MR) is 53.7 cm³/mol. The minimum absolute atomic E-state index is 0.336. The topological polar surface area (TPSA) is 91.9 Å². The maximum Gasteiger partial charge on any atom is 0.252 e. The van der Waals surface area contributed by atoms with E-state index < -0.39 is 31.1 Å². The molecule has 3 N–H and O–H groups in total. The quantitative estimate of drug-likeness (QED) is 0.569. The summed E-state index contributed by atoms with van der Waals surface area (Å²) in [6.07, 6.45) is -2.78. The van der Waals surface area contributed by atoms with Crippen molar-refractivity contribution in [1.82, 2.24) is 4.57 Å². The van der Waals surface area contributed by atoms with Crippen LogP contribution in [0.3, 0.4) is 0 Å². The second-order valence-corrected chi connectivity index (χ2v) is 3.68. The molecule has 6 heteroatoms. The zero-order chi connectivity index (χ0) is 11.7.